The zero-order chi connectivity index (χ0) is 14.4. The molecule has 1 aliphatic rings. The van der Waals surface area contributed by atoms with Crippen molar-refractivity contribution in [1.29, 1.82) is 0 Å². The van der Waals surface area contributed by atoms with Crippen LogP contribution in [0.4, 0.5) is 0 Å². The van der Waals surface area contributed by atoms with Crippen LogP contribution in [0.3, 0.4) is 0 Å². The first-order valence-electron chi connectivity index (χ1n) is 7.19. The summed E-state index contributed by atoms with van der Waals surface area (Å²) < 4.78 is 25.0. The highest BCUT2D eigenvalue weighted by molar-refractivity contribution is 7.89. The van der Waals surface area contributed by atoms with Crippen molar-refractivity contribution in [2.75, 3.05) is 19.6 Å². The van der Waals surface area contributed by atoms with E-state index in [0.717, 1.165) is 38.0 Å². The fourth-order valence-corrected chi connectivity index (χ4v) is 3.74. The molecule has 2 rings (SSSR count). The molecule has 112 valence electrons. The number of benzene rings is 1. The van der Waals surface area contributed by atoms with Gasteiger partial charge < -0.3 is 5.32 Å². The van der Waals surface area contributed by atoms with Crippen LogP contribution in [0, 0.1) is 0 Å². The molecule has 2 N–H and O–H groups in total. The Morgan fingerprint density at radius 2 is 1.85 bits per heavy atom. The Morgan fingerprint density at radius 3 is 2.55 bits per heavy atom. The minimum absolute atomic E-state index is 0.367. The lowest BCUT2D eigenvalue weighted by atomic mass is 10.2. The third-order valence-electron chi connectivity index (χ3n) is 3.43. The maximum Gasteiger partial charge on any atom is 0.253 e. The molecule has 0 amide bonds. The lowest BCUT2D eigenvalue weighted by Gasteiger charge is -2.27. The Labute approximate surface area is 121 Å². The molecule has 5 nitrogen and oxygen atoms in total. The average Bonchev–Trinajstić information content (AvgIpc) is 2.46. The average molecular weight is 297 g/mol. The van der Waals surface area contributed by atoms with Gasteiger partial charge in [0.2, 0.25) is 0 Å². The second-order valence-electron chi connectivity index (χ2n) is 5.03. The molecule has 0 aliphatic carbocycles. The van der Waals surface area contributed by atoms with Gasteiger partial charge in [-0.2, -0.15) is 0 Å². The number of nitrogens with one attached hydrogen (secondary N) is 2. The molecule has 6 heteroatoms. The van der Waals surface area contributed by atoms with Gasteiger partial charge in [-0.3, -0.25) is 0 Å². The monoisotopic (exact) mass is 297 g/mol. The quantitative estimate of drug-likeness (QED) is 0.835. The summed E-state index contributed by atoms with van der Waals surface area (Å²) in [5.74, 6) is 0. The second kappa shape index (κ2) is 7.17. The van der Waals surface area contributed by atoms with Crippen molar-refractivity contribution in [3.05, 3.63) is 29.8 Å². The van der Waals surface area contributed by atoms with Crippen LogP contribution in [0.15, 0.2) is 29.2 Å². The Kier molecular flexibility index (Phi) is 5.54. The Bertz CT molecular complexity index is 525. The van der Waals surface area contributed by atoms with E-state index >= 15 is 0 Å². The van der Waals surface area contributed by atoms with Gasteiger partial charge in [0.25, 0.3) is 10.0 Å². The van der Waals surface area contributed by atoms with Crippen LogP contribution in [0.25, 0.3) is 0 Å². The molecular formula is C14H23N3O2S. The molecular weight excluding hydrogens is 274 g/mol. The summed E-state index contributed by atoms with van der Waals surface area (Å²) in [6, 6.07) is 7.15. The molecule has 0 bridgehead atoms. The van der Waals surface area contributed by atoms with Gasteiger partial charge in [0.05, 0.1) is 4.90 Å². The number of nitrogens with zero attached hydrogens (tertiary/aromatic N) is 1. The molecule has 1 aromatic carbocycles. The van der Waals surface area contributed by atoms with Crippen LogP contribution in [0.2, 0.25) is 0 Å². The summed E-state index contributed by atoms with van der Waals surface area (Å²) in [6.45, 7) is 4.95. The lowest BCUT2D eigenvalue weighted by Crippen LogP contribution is -2.45. The highest BCUT2D eigenvalue weighted by Gasteiger charge is 2.22. The molecule has 0 spiro atoms. The van der Waals surface area contributed by atoms with Gasteiger partial charge in [-0.05, 0) is 31.0 Å². The third kappa shape index (κ3) is 4.02. The Hall–Kier alpha value is -0.950. The van der Waals surface area contributed by atoms with Crippen LogP contribution < -0.4 is 10.1 Å². The van der Waals surface area contributed by atoms with Gasteiger partial charge in [-0.25, -0.2) is 13.4 Å². The van der Waals surface area contributed by atoms with Crippen LogP contribution in [0.1, 0.15) is 31.7 Å². The van der Waals surface area contributed by atoms with Crippen LogP contribution in [-0.2, 0) is 16.6 Å². The maximum atomic E-state index is 12.5. The van der Waals surface area contributed by atoms with E-state index in [1.807, 2.05) is 24.1 Å². The second-order valence-corrected chi connectivity index (χ2v) is 6.66. The van der Waals surface area contributed by atoms with Crippen molar-refractivity contribution < 1.29 is 8.42 Å². The summed E-state index contributed by atoms with van der Waals surface area (Å²) in [5, 5.41) is 4.98. The zero-order valence-electron chi connectivity index (χ0n) is 11.9. The fourth-order valence-electron chi connectivity index (χ4n) is 2.38. The number of hydrazine groups is 1. The van der Waals surface area contributed by atoms with Gasteiger partial charge >= 0.3 is 0 Å². The van der Waals surface area contributed by atoms with E-state index in [1.54, 1.807) is 12.1 Å². The molecule has 20 heavy (non-hydrogen) atoms. The highest BCUT2D eigenvalue weighted by atomic mass is 32.2. The first-order chi connectivity index (χ1) is 9.63. The summed E-state index contributed by atoms with van der Waals surface area (Å²) in [5.41, 5.74) is 0.804. The largest absolute Gasteiger partial charge is 0.313 e. The number of piperidine rings is 1. The number of hydrogen-bond acceptors (Lipinski definition) is 4. The van der Waals surface area contributed by atoms with Crippen molar-refractivity contribution in [3.63, 3.8) is 0 Å². The van der Waals surface area contributed by atoms with Crippen LogP contribution >= 0.6 is 0 Å². The standard InChI is InChI=1S/C14H23N3O2S/c1-2-15-12-13-8-4-5-9-14(13)20(18,19)16-17-10-6-3-7-11-17/h4-5,8-9,15-16H,2-3,6-7,10-12H2,1H3. The van der Waals surface area contributed by atoms with Crippen molar-refractivity contribution in [2.45, 2.75) is 37.6 Å². The first-order valence-corrected chi connectivity index (χ1v) is 8.68. The molecule has 1 aromatic rings. The Balaban J connectivity index is 2.15. The number of rotatable bonds is 6. The summed E-state index contributed by atoms with van der Waals surface area (Å²) in [7, 11) is -3.49. The van der Waals surface area contributed by atoms with E-state index in [9.17, 15) is 8.42 Å². The fraction of sp³-hybridized carbons (Fsp3) is 0.571. The highest BCUT2D eigenvalue weighted by Crippen LogP contribution is 2.16. The summed E-state index contributed by atoms with van der Waals surface area (Å²) in [6.07, 6.45) is 3.26. The smallest absolute Gasteiger partial charge is 0.253 e. The van der Waals surface area contributed by atoms with E-state index < -0.39 is 10.0 Å². The predicted octanol–water partition coefficient (Wildman–Crippen LogP) is 1.48. The van der Waals surface area contributed by atoms with E-state index in [4.69, 9.17) is 0 Å². The number of hydrogen-bond donors (Lipinski definition) is 2. The van der Waals surface area contributed by atoms with Crippen LogP contribution in [-0.4, -0.2) is 33.1 Å². The van der Waals surface area contributed by atoms with E-state index in [-0.39, 0.29) is 0 Å². The zero-order valence-corrected chi connectivity index (χ0v) is 12.7. The minimum atomic E-state index is -3.49. The normalized spacial score (nSPS) is 17.2. The minimum Gasteiger partial charge on any atom is -0.313 e. The van der Waals surface area contributed by atoms with Crippen molar-refractivity contribution in [2.24, 2.45) is 0 Å². The molecule has 0 unspecified atom stereocenters. The summed E-state index contributed by atoms with van der Waals surface area (Å²) in [4.78, 5) is 3.07. The Morgan fingerprint density at radius 1 is 1.15 bits per heavy atom. The van der Waals surface area contributed by atoms with E-state index in [2.05, 4.69) is 10.1 Å². The van der Waals surface area contributed by atoms with E-state index in [0.29, 0.717) is 11.4 Å². The third-order valence-corrected chi connectivity index (χ3v) is 4.91. The topological polar surface area (TPSA) is 61.4 Å². The molecule has 1 saturated heterocycles. The van der Waals surface area contributed by atoms with Gasteiger partial charge in [-0.15, -0.1) is 4.83 Å². The summed E-state index contributed by atoms with van der Waals surface area (Å²) >= 11 is 0. The molecule has 0 radical (unpaired) electrons. The van der Waals surface area contributed by atoms with E-state index in [1.165, 1.54) is 6.42 Å². The predicted molar refractivity (Wildman–Crippen MR) is 79.6 cm³/mol. The SMILES string of the molecule is CCNCc1ccccc1S(=O)(=O)NN1CCCCC1. The first kappa shape index (κ1) is 15.4. The molecule has 0 atom stereocenters. The van der Waals surface area contributed by atoms with Gasteiger partial charge in [-0.1, -0.05) is 31.5 Å². The van der Waals surface area contributed by atoms with Crippen molar-refractivity contribution in [3.8, 4) is 0 Å². The van der Waals surface area contributed by atoms with Gasteiger partial charge in [0, 0.05) is 19.6 Å². The molecule has 0 aromatic heterocycles. The molecule has 1 fully saturated rings. The van der Waals surface area contributed by atoms with Gasteiger partial charge in [0.1, 0.15) is 0 Å². The lowest BCUT2D eigenvalue weighted by molar-refractivity contribution is 0.200. The van der Waals surface area contributed by atoms with Crippen LogP contribution in [0.5, 0.6) is 0 Å². The van der Waals surface area contributed by atoms with Crippen molar-refractivity contribution >= 4 is 10.0 Å². The molecule has 0 saturated carbocycles. The molecule has 1 heterocycles. The molecule has 1 aliphatic heterocycles. The van der Waals surface area contributed by atoms with Crippen molar-refractivity contribution in [1.82, 2.24) is 15.2 Å². The van der Waals surface area contributed by atoms with Gasteiger partial charge in [0.15, 0.2) is 0 Å². The number of sulfonamides is 1. The maximum absolute atomic E-state index is 12.5.